The van der Waals surface area contributed by atoms with Crippen LogP contribution in [0.15, 0.2) is 58.7 Å². The number of H-pyrrole nitrogens is 1. The lowest BCUT2D eigenvalue weighted by molar-refractivity contribution is -0.385. The molecule has 3 rings (SSSR count). The van der Waals surface area contributed by atoms with Crippen LogP contribution in [0.4, 0.5) is 5.69 Å². The zero-order valence-electron chi connectivity index (χ0n) is 16.8. The Labute approximate surface area is 178 Å². The summed E-state index contributed by atoms with van der Waals surface area (Å²) in [5.74, 6) is 0.837. The summed E-state index contributed by atoms with van der Waals surface area (Å²) in [4.78, 5) is 23.6. The lowest BCUT2D eigenvalue weighted by Gasteiger charge is -2.15. The Morgan fingerprint density at radius 3 is 2.70 bits per heavy atom. The molecule has 0 saturated carbocycles. The number of nitrogens with zero attached hydrogens (tertiary/aromatic N) is 3. The predicted octanol–water partition coefficient (Wildman–Crippen LogP) is 4.28. The Bertz CT molecular complexity index is 978. The Morgan fingerprint density at radius 2 is 2.03 bits per heavy atom. The van der Waals surface area contributed by atoms with Crippen LogP contribution in [-0.2, 0) is 11.2 Å². The number of benzene rings is 1. The van der Waals surface area contributed by atoms with Gasteiger partial charge < -0.3 is 14.8 Å². The number of pyridine rings is 1. The van der Waals surface area contributed by atoms with Gasteiger partial charge in [0.05, 0.1) is 23.8 Å². The molecule has 1 aromatic carbocycles. The molecule has 0 aliphatic carbocycles. The first kappa shape index (κ1) is 21.9. The summed E-state index contributed by atoms with van der Waals surface area (Å²) in [5.41, 5.74) is 2.03. The molecule has 2 N–H and O–H groups in total. The monoisotopic (exact) mass is 428 g/mol. The summed E-state index contributed by atoms with van der Waals surface area (Å²) in [6.07, 6.45) is 3.67. The summed E-state index contributed by atoms with van der Waals surface area (Å²) in [6.45, 7) is 4.23. The predicted molar refractivity (Wildman–Crippen MR) is 114 cm³/mol. The minimum atomic E-state index is -0.406. The highest BCUT2D eigenvalue weighted by atomic mass is 32.2. The summed E-state index contributed by atoms with van der Waals surface area (Å²) >= 11 is 1.38. The SMILES string of the molecule is CC(C)c1[nH]c(C(Cc2ccncc2)OCCO)nc1Sc1cccc([N+](=O)[O-])c1. The maximum absolute atomic E-state index is 11.1. The topological polar surface area (TPSA) is 114 Å². The molecule has 0 aliphatic rings. The van der Waals surface area contributed by atoms with Crippen molar-refractivity contribution in [3.8, 4) is 0 Å². The van der Waals surface area contributed by atoms with Gasteiger partial charge in [-0.3, -0.25) is 15.1 Å². The zero-order valence-corrected chi connectivity index (χ0v) is 17.6. The number of rotatable bonds is 10. The van der Waals surface area contributed by atoms with E-state index in [9.17, 15) is 15.2 Å². The van der Waals surface area contributed by atoms with Crippen LogP contribution in [0.25, 0.3) is 0 Å². The lowest BCUT2D eigenvalue weighted by atomic mass is 10.1. The van der Waals surface area contributed by atoms with Gasteiger partial charge in [0, 0.05) is 35.8 Å². The maximum Gasteiger partial charge on any atom is 0.270 e. The van der Waals surface area contributed by atoms with Gasteiger partial charge in [0.15, 0.2) is 0 Å². The highest BCUT2D eigenvalue weighted by Crippen LogP contribution is 2.35. The number of ether oxygens (including phenoxy) is 1. The van der Waals surface area contributed by atoms with Crippen LogP contribution in [0.2, 0.25) is 0 Å². The quantitative estimate of drug-likeness (QED) is 0.366. The third-order valence-corrected chi connectivity index (χ3v) is 5.42. The van der Waals surface area contributed by atoms with Crippen molar-refractivity contribution < 1.29 is 14.8 Å². The zero-order chi connectivity index (χ0) is 21.5. The third kappa shape index (κ3) is 5.65. The Kier molecular flexibility index (Phi) is 7.56. The van der Waals surface area contributed by atoms with Crippen molar-refractivity contribution in [2.45, 2.75) is 42.2 Å². The second kappa shape index (κ2) is 10.3. The standard InChI is InChI=1S/C21H24N4O4S/c1-14(2)19-21(30-17-5-3-4-16(13-17)25(27)28)24-20(23-19)18(29-11-10-26)12-15-6-8-22-9-7-15/h3-9,13-14,18,26H,10-12H2,1-2H3,(H,23,24). The number of hydrogen-bond donors (Lipinski definition) is 2. The molecule has 2 heterocycles. The average Bonchev–Trinajstić information content (AvgIpc) is 3.16. The van der Waals surface area contributed by atoms with Gasteiger partial charge in [-0.2, -0.15) is 0 Å². The van der Waals surface area contributed by atoms with E-state index in [2.05, 4.69) is 23.8 Å². The Balaban J connectivity index is 1.90. The molecule has 2 aromatic heterocycles. The molecule has 0 saturated heterocycles. The van der Waals surface area contributed by atoms with Crippen LogP contribution in [0.3, 0.4) is 0 Å². The number of aliphatic hydroxyl groups is 1. The first-order chi connectivity index (χ1) is 14.5. The number of aromatic amines is 1. The van der Waals surface area contributed by atoms with E-state index in [0.29, 0.717) is 12.2 Å². The molecule has 30 heavy (non-hydrogen) atoms. The fourth-order valence-electron chi connectivity index (χ4n) is 2.95. The van der Waals surface area contributed by atoms with Crippen LogP contribution >= 0.6 is 11.8 Å². The number of nitro groups is 1. The fraction of sp³-hybridized carbons (Fsp3) is 0.333. The Morgan fingerprint density at radius 1 is 1.27 bits per heavy atom. The van der Waals surface area contributed by atoms with Crippen molar-refractivity contribution in [2.24, 2.45) is 0 Å². The molecule has 0 amide bonds. The fourth-order valence-corrected chi connectivity index (χ4v) is 4.04. The van der Waals surface area contributed by atoms with Gasteiger partial charge in [-0.25, -0.2) is 4.98 Å². The second-order valence-corrected chi connectivity index (χ2v) is 8.06. The number of hydrogen-bond acceptors (Lipinski definition) is 7. The highest BCUT2D eigenvalue weighted by Gasteiger charge is 2.22. The number of nitro benzene ring substituents is 1. The van der Waals surface area contributed by atoms with Crippen molar-refractivity contribution in [1.29, 1.82) is 0 Å². The van der Waals surface area contributed by atoms with Gasteiger partial charge in [0.1, 0.15) is 17.0 Å². The lowest BCUT2D eigenvalue weighted by Crippen LogP contribution is -2.12. The van der Waals surface area contributed by atoms with Gasteiger partial charge in [-0.05, 0) is 29.7 Å². The van der Waals surface area contributed by atoms with Crippen molar-refractivity contribution in [1.82, 2.24) is 15.0 Å². The molecule has 1 unspecified atom stereocenters. The molecule has 0 aliphatic heterocycles. The molecule has 1 atom stereocenters. The minimum absolute atomic E-state index is 0.0451. The van der Waals surface area contributed by atoms with Crippen LogP contribution in [-0.4, -0.2) is 38.2 Å². The normalized spacial score (nSPS) is 12.3. The highest BCUT2D eigenvalue weighted by molar-refractivity contribution is 7.99. The number of aliphatic hydroxyl groups excluding tert-OH is 1. The van der Waals surface area contributed by atoms with Crippen molar-refractivity contribution in [3.63, 3.8) is 0 Å². The van der Waals surface area contributed by atoms with E-state index in [1.807, 2.05) is 18.2 Å². The van der Waals surface area contributed by atoms with Crippen molar-refractivity contribution in [2.75, 3.05) is 13.2 Å². The van der Waals surface area contributed by atoms with Crippen molar-refractivity contribution in [3.05, 3.63) is 76.0 Å². The van der Waals surface area contributed by atoms with Gasteiger partial charge in [-0.15, -0.1) is 0 Å². The molecule has 0 radical (unpaired) electrons. The molecule has 3 aromatic rings. The smallest absolute Gasteiger partial charge is 0.270 e. The van der Waals surface area contributed by atoms with Gasteiger partial charge in [0.25, 0.3) is 5.69 Å². The second-order valence-electron chi connectivity index (χ2n) is 6.99. The van der Waals surface area contributed by atoms with Gasteiger partial charge >= 0.3 is 0 Å². The molecule has 0 fully saturated rings. The summed E-state index contributed by atoms with van der Waals surface area (Å²) < 4.78 is 5.87. The number of aromatic nitrogens is 3. The average molecular weight is 429 g/mol. The molecular weight excluding hydrogens is 404 g/mol. The van der Waals surface area contributed by atoms with Crippen LogP contribution in [0, 0.1) is 10.1 Å². The van der Waals surface area contributed by atoms with Gasteiger partial charge in [-0.1, -0.05) is 31.7 Å². The third-order valence-electron chi connectivity index (χ3n) is 4.42. The molecule has 0 spiro atoms. The van der Waals surface area contributed by atoms with E-state index in [1.165, 1.54) is 17.8 Å². The van der Waals surface area contributed by atoms with E-state index in [-0.39, 0.29) is 30.9 Å². The molecule has 8 nitrogen and oxygen atoms in total. The van der Waals surface area contributed by atoms with Gasteiger partial charge in [0.2, 0.25) is 0 Å². The minimum Gasteiger partial charge on any atom is -0.394 e. The van der Waals surface area contributed by atoms with Crippen LogP contribution in [0.5, 0.6) is 0 Å². The summed E-state index contributed by atoms with van der Waals surface area (Å²) in [5, 5.41) is 21.1. The van der Waals surface area contributed by atoms with Crippen LogP contribution < -0.4 is 0 Å². The molecule has 9 heteroatoms. The van der Waals surface area contributed by atoms with E-state index in [4.69, 9.17) is 9.72 Å². The summed E-state index contributed by atoms with van der Waals surface area (Å²) in [7, 11) is 0. The molecule has 158 valence electrons. The number of imidazole rings is 1. The molecule has 0 bridgehead atoms. The summed E-state index contributed by atoms with van der Waals surface area (Å²) in [6, 6.07) is 10.3. The number of non-ortho nitro benzene ring substituents is 1. The molecular formula is C21H24N4O4S. The van der Waals surface area contributed by atoms with E-state index >= 15 is 0 Å². The van der Waals surface area contributed by atoms with E-state index in [1.54, 1.807) is 24.5 Å². The van der Waals surface area contributed by atoms with E-state index < -0.39 is 4.92 Å². The largest absolute Gasteiger partial charge is 0.394 e. The maximum atomic E-state index is 11.1. The van der Waals surface area contributed by atoms with Crippen LogP contribution in [0.1, 0.15) is 43.0 Å². The number of nitrogens with one attached hydrogen (secondary N) is 1. The first-order valence-corrected chi connectivity index (χ1v) is 10.4. The Hall–Kier alpha value is -2.75. The van der Waals surface area contributed by atoms with Crippen molar-refractivity contribution >= 4 is 17.4 Å². The first-order valence-electron chi connectivity index (χ1n) is 9.61. The van der Waals surface area contributed by atoms with E-state index in [0.717, 1.165) is 21.2 Å².